The van der Waals surface area contributed by atoms with Gasteiger partial charge in [-0.15, -0.1) is 35.0 Å². The molecular weight excluding hydrogens is 390 g/mol. The summed E-state index contributed by atoms with van der Waals surface area (Å²) in [7, 11) is -1.48. The molecule has 1 aliphatic rings. The van der Waals surface area contributed by atoms with E-state index in [0.29, 0.717) is 0 Å². The molecule has 0 spiro atoms. The molecule has 0 amide bonds. The molecule has 0 bridgehead atoms. The molecule has 83 valence electrons. The number of pyridine rings is 1. The number of benzene rings is 1. The molecule has 1 nitrogen and oxygen atoms in total. The maximum atomic E-state index is 4.50. The molecule has 1 aliphatic heterocycles. The van der Waals surface area contributed by atoms with E-state index in [1.165, 1.54) is 15.9 Å². The van der Waals surface area contributed by atoms with Gasteiger partial charge in [0.2, 0.25) is 0 Å². The van der Waals surface area contributed by atoms with Gasteiger partial charge in [0, 0.05) is 26.3 Å². The van der Waals surface area contributed by atoms with E-state index in [1.54, 1.807) is 0 Å². The fraction of sp³-hybridized carbons (Fsp3) is 0.154. The molecule has 2 aromatic rings. The number of hydrogen-bond donors (Lipinski definition) is 0. The van der Waals surface area contributed by atoms with Gasteiger partial charge in [-0.25, -0.2) is 0 Å². The normalized spacial score (nSPS) is 14.9. The summed E-state index contributed by atoms with van der Waals surface area (Å²) in [5.41, 5.74) is 2.38. The van der Waals surface area contributed by atoms with Crippen LogP contribution in [0, 0.1) is 6.07 Å². The Bertz CT molecular complexity index is 489. The molecule has 0 aliphatic carbocycles. The van der Waals surface area contributed by atoms with Crippen LogP contribution in [0.25, 0.3) is 11.3 Å². The summed E-state index contributed by atoms with van der Waals surface area (Å²) in [6.07, 6.45) is 1.87. The minimum atomic E-state index is -1.48. The molecule has 3 heteroatoms. The Balaban J connectivity index is 0.000000963. The Morgan fingerprint density at radius 1 is 1.12 bits per heavy atom. The average Bonchev–Trinajstić information content (AvgIpc) is 2.51. The molecule has 2 heterocycles. The second-order valence-electron chi connectivity index (χ2n) is 4.48. The summed E-state index contributed by atoms with van der Waals surface area (Å²) in [5, 5.41) is 2.92. The quantitative estimate of drug-likeness (QED) is 0.483. The zero-order valence-electron chi connectivity index (χ0n) is 9.24. The van der Waals surface area contributed by atoms with Crippen molar-refractivity contribution in [1.82, 2.24) is 4.98 Å². The predicted octanol–water partition coefficient (Wildman–Crippen LogP) is 1.68. The fourth-order valence-corrected chi connectivity index (χ4v) is 5.32. The first-order chi connectivity index (χ1) is 7.21. The zero-order chi connectivity index (χ0) is 10.5. The summed E-state index contributed by atoms with van der Waals surface area (Å²) in [4.78, 5) is 4.50. The van der Waals surface area contributed by atoms with Crippen LogP contribution < -0.4 is 10.4 Å². The molecular formula is C13H12IrNSi-. The third-order valence-corrected chi connectivity index (χ3v) is 6.76. The van der Waals surface area contributed by atoms with E-state index >= 15 is 0 Å². The van der Waals surface area contributed by atoms with Crippen molar-refractivity contribution < 1.29 is 20.1 Å². The van der Waals surface area contributed by atoms with Crippen LogP contribution in [-0.2, 0) is 20.1 Å². The molecule has 0 atom stereocenters. The molecule has 0 unspecified atom stereocenters. The first-order valence-corrected chi connectivity index (χ1v) is 8.18. The van der Waals surface area contributed by atoms with Gasteiger partial charge in [0.25, 0.3) is 0 Å². The molecule has 0 saturated carbocycles. The van der Waals surface area contributed by atoms with Gasteiger partial charge in [0.15, 0.2) is 0 Å². The number of nitrogens with zero attached hydrogens (tertiary/aromatic N) is 1. The van der Waals surface area contributed by atoms with Crippen LogP contribution >= 0.6 is 0 Å². The number of aromatic nitrogens is 1. The first kappa shape index (κ1) is 11.7. The van der Waals surface area contributed by atoms with Gasteiger partial charge >= 0.3 is 0 Å². The topological polar surface area (TPSA) is 12.9 Å². The first-order valence-electron chi connectivity index (χ1n) is 5.18. The van der Waals surface area contributed by atoms with Gasteiger partial charge in [-0.2, -0.15) is 0 Å². The minimum absolute atomic E-state index is 0. The zero-order valence-corrected chi connectivity index (χ0v) is 12.6. The van der Waals surface area contributed by atoms with Crippen molar-refractivity contribution in [2.75, 3.05) is 0 Å². The summed E-state index contributed by atoms with van der Waals surface area (Å²) in [6.45, 7) is 4.76. The van der Waals surface area contributed by atoms with Crippen LogP contribution in [0.4, 0.5) is 0 Å². The van der Waals surface area contributed by atoms with Crippen LogP contribution in [-0.4, -0.2) is 13.1 Å². The summed E-state index contributed by atoms with van der Waals surface area (Å²) >= 11 is 0. The van der Waals surface area contributed by atoms with Crippen molar-refractivity contribution in [3.8, 4) is 11.3 Å². The fourth-order valence-electron chi connectivity index (χ4n) is 2.41. The van der Waals surface area contributed by atoms with Crippen molar-refractivity contribution in [3.63, 3.8) is 0 Å². The molecule has 0 N–H and O–H groups in total. The van der Waals surface area contributed by atoms with Crippen LogP contribution in [0.3, 0.4) is 0 Å². The third kappa shape index (κ3) is 1.43. The van der Waals surface area contributed by atoms with Gasteiger partial charge in [0.1, 0.15) is 0 Å². The van der Waals surface area contributed by atoms with Crippen LogP contribution in [0.1, 0.15) is 0 Å². The summed E-state index contributed by atoms with van der Waals surface area (Å²) in [6, 6.07) is 13.9. The van der Waals surface area contributed by atoms with E-state index < -0.39 is 8.07 Å². The van der Waals surface area contributed by atoms with Gasteiger partial charge < -0.3 is 4.98 Å². The maximum absolute atomic E-state index is 4.50. The van der Waals surface area contributed by atoms with Crippen LogP contribution in [0.5, 0.6) is 0 Å². The monoisotopic (exact) mass is 403 g/mol. The summed E-state index contributed by atoms with van der Waals surface area (Å²) < 4.78 is 0. The largest absolute Gasteiger partial charge is 0.305 e. The van der Waals surface area contributed by atoms with Gasteiger partial charge in [-0.3, -0.25) is 0 Å². The Labute approximate surface area is 110 Å². The second kappa shape index (κ2) is 3.92. The van der Waals surface area contributed by atoms with E-state index in [9.17, 15) is 0 Å². The maximum Gasteiger partial charge on any atom is 0.0570 e. The Hall–Kier alpha value is -0.764. The Morgan fingerprint density at radius 3 is 2.69 bits per heavy atom. The van der Waals surface area contributed by atoms with Gasteiger partial charge in [-0.05, 0) is 11.8 Å². The summed E-state index contributed by atoms with van der Waals surface area (Å²) in [5.74, 6) is 0. The van der Waals surface area contributed by atoms with Crippen molar-refractivity contribution >= 4 is 18.4 Å². The predicted molar refractivity (Wildman–Crippen MR) is 65.3 cm³/mol. The van der Waals surface area contributed by atoms with Crippen molar-refractivity contribution in [3.05, 3.63) is 42.6 Å². The van der Waals surface area contributed by atoms with Crippen molar-refractivity contribution in [2.24, 2.45) is 0 Å². The molecule has 1 radical (unpaired) electrons. The number of rotatable bonds is 0. The molecule has 0 fully saturated rings. The van der Waals surface area contributed by atoms with Crippen molar-refractivity contribution in [1.29, 1.82) is 0 Å². The third-order valence-electron chi connectivity index (χ3n) is 3.25. The van der Waals surface area contributed by atoms with E-state index in [-0.39, 0.29) is 20.1 Å². The number of hydrogen-bond acceptors (Lipinski definition) is 1. The van der Waals surface area contributed by atoms with E-state index in [0.717, 1.165) is 5.69 Å². The Morgan fingerprint density at radius 2 is 1.88 bits per heavy atom. The van der Waals surface area contributed by atoms with Gasteiger partial charge in [-0.1, -0.05) is 24.3 Å². The second-order valence-corrected chi connectivity index (χ2v) is 8.81. The van der Waals surface area contributed by atoms with E-state index in [2.05, 4.69) is 42.3 Å². The van der Waals surface area contributed by atoms with Crippen LogP contribution in [0.2, 0.25) is 13.1 Å². The smallest absolute Gasteiger partial charge is 0.0570 e. The SMILES string of the molecule is C[Si]1(C)c2ccc[c-]c2-c2ncccc21.[Ir]. The van der Waals surface area contributed by atoms with Gasteiger partial charge in [0.05, 0.1) is 8.07 Å². The molecule has 3 rings (SSSR count). The number of fused-ring (bicyclic) bond motifs is 3. The van der Waals surface area contributed by atoms with Crippen molar-refractivity contribution in [2.45, 2.75) is 13.1 Å². The molecule has 1 aromatic heterocycles. The molecule has 0 saturated heterocycles. The van der Waals surface area contributed by atoms with E-state index in [4.69, 9.17) is 0 Å². The molecule has 1 aromatic carbocycles. The Kier molecular flexibility index (Phi) is 2.87. The standard InChI is InChI=1S/C13H12NSi.Ir/c1-15(2)11-7-4-3-6-10(11)13-12(15)8-5-9-14-13;/h3-5,7-9H,1-2H3;/q-1;. The van der Waals surface area contributed by atoms with Crippen LogP contribution in [0.15, 0.2) is 36.5 Å². The van der Waals surface area contributed by atoms with E-state index in [1.807, 2.05) is 18.3 Å². The molecule has 16 heavy (non-hydrogen) atoms. The minimum Gasteiger partial charge on any atom is -0.305 e. The average molecular weight is 403 g/mol.